The Morgan fingerprint density at radius 1 is 1.17 bits per heavy atom. The largest absolute Gasteiger partial charge is 0.472 e. The van der Waals surface area contributed by atoms with E-state index in [1.807, 2.05) is 4.90 Å². The van der Waals surface area contributed by atoms with E-state index in [0.29, 0.717) is 31.1 Å². The summed E-state index contributed by atoms with van der Waals surface area (Å²) in [6, 6.07) is 1.67. The van der Waals surface area contributed by atoms with Gasteiger partial charge in [0.1, 0.15) is 6.26 Å². The molecular weight excluding hydrogens is 328 g/mol. The Balaban J connectivity index is 1.44. The standard InChI is InChI=1S/C17H26N2O4S/c20-17(15-8-11-23-13-15)19-9-6-14(7-10-19)12-18-24(21,22)16-4-2-1-3-5-16/h8,11,13-14,16,18H,1-7,9-10,12H2. The van der Waals surface area contributed by atoms with Crippen LogP contribution in [-0.4, -0.2) is 44.1 Å². The predicted octanol–water partition coefficient (Wildman–Crippen LogP) is 2.38. The van der Waals surface area contributed by atoms with Crippen LogP contribution in [0.5, 0.6) is 0 Å². The predicted molar refractivity (Wildman–Crippen MR) is 91.1 cm³/mol. The molecule has 0 radical (unpaired) electrons. The molecule has 0 spiro atoms. The highest BCUT2D eigenvalue weighted by Crippen LogP contribution is 2.24. The molecule has 0 unspecified atom stereocenters. The van der Waals surface area contributed by atoms with E-state index in [2.05, 4.69) is 4.72 Å². The number of carbonyl (C=O) groups excluding carboxylic acids is 1. The fourth-order valence-corrected chi connectivity index (χ4v) is 5.29. The first-order valence-electron chi connectivity index (χ1n) is 8.86. The van der Waals surface area contributed by atoms with Crippen LogP contribution in [0.3, 0.4) is 0 Å². The van der Waals surface area contributed by atoms with Gasteiger partial charge in [-0.2, -0.15) is 0 Å². The van der Waals surface area contributed by atoms with E-state index in [4.69, 9.17) is 4.42 Å². The van der Waals surface area contributed by atoms with Gasteiger partial charge in [0.05, 0.1) is 17.1 Å². The maximum Gasteiger partial charge on any atom is 0.257 e. The molecule has 2 aliphatic rings. The first-order chi connectivity index (χ1) is 11.6. The van der Waals surface area contributed by atoms with Gasteiger partial charge in [-0.1, -0.05) is 19.3 Å². The van der Waals surface area contributed by atoms with Crippen LogP contribution in [0.15, 0.2) is 23.0 Å². The van der Waals surface area contributed by atoms with Crippen molar-refractivity contribution in [2.75, 3.05) is 19.6 Å². The second kappa shape index (κ2) is 7.70. The highest BCUT2D eigenvalue weighted by molar-refractivity contribution is 7.90. The van der Waals surface area contributed by atoms with Gasteiger partial charge in [-0.15, -0.1) is 0 Å². The highest BCUT2D eigenvalue weighted by atomic mass is 32.2. The summed E-state index contributed by atoms with van der Waals surface area (Å²) in [6.07, 6.45) is 9.37. The van der Waals surface area contributed by atoms with Crippen molar-refractivity contribution in [2.45, 2.75) is 50.2 Å². The summed E-state index contributed by atoms with van der Waals surface area (Å²) in [7, 11) is -3.19. The molecule has 0 atom stereocenters. The topological polar surface area (TPSA) is 79.6 Å². The zero-order valence-corrected chi connectivity index (χ0v) is 14.8. The Kier molecular flexibility index (Phi) is 5.61. The number of furan rings is 1. The molecule has 1 saturated carbocycles. The molecular formula is C17H26N2O4S. The number of nitrogens with one attached hydrogen (secondary N) is 1. The normalized spacial score (nSPS) is 21.1. The van der Waals surface area contributed by atoms with E-state index in [1.165, 1.54) is 12.5 Å². The SMILES string of the molecule is O=C(c1ccoc1)N1CCC(CNS(=O)(=O)C2CCCCC2)CC1. The molecule has 1 aromatic rings. The number of hydrogen-bond acceptors (Lipinski definition) is 4. The Morgan fingerprint density at radius 2 is 1.88 bits per heavy atom. The fraction of sp³-hybridized carbons (Fsp3) is 0.706. The Morgan fingerprint density at radius 3 is 2.50 bits per heavy atom. The summed E-state index contributed by atoms with van der Waals surface area (Å²) in [6.45, 7) is 1.83. The van der Waals surface area contributed by atoms with Crippen LogP contribution < -0.4 is 4.72 Å². The van der Waals surface area contributed by atoms with Gasteiger partial charge < -0.3 is 9.32 Å². The summed E-state index contributed by atoms with van der Waals surface area (Å²) in [5.74, 6) is 0.293. The van der Waals surface area contributed by atoms with Gasteiger partial charge >= 0.3 is 0 Å². The third kappa shape index (κ3) is 4.19. The molecule has 24 heavy (non-hydrogen) atoms. The van der Waals surface area contributed by atoms with Crippen molar-refractivity contribution in [1.82, 2.24) is 9.62 Å². The van der Waals surface area contributed by atoms with Crippen LogP contribution in [0.4, 0.5) is 0 Å². The Labute approximate surface area is 143 Å². The van der Waals surface area contributed by atoms with E-state index in [-0.39, 0.29) is 11.2 Å². The van der Waals surface area contributed by atoms with E-state index < -0.39 is 10.0 Å². The van der Waals surface area contributed by atoms with Gasteiger partial charge in [-0.05, 0) is 37.7 Å². The molecule has 0 aromatic carbocycles. The Hall–Kier alpha value is -1.34. The quantitative estimate of drug-likeness (QED) is 0.880. The van der Waals surface area contributed by atoms with Crippen LogP contribution in [0.1, 0.15) is 55.3 Å². The monoisotopic (exact) mass is 354 g/mol. The molecule has 1 amide bonds. The number of piperidine rings is 1. The van der Waals surface area contributed by atoms with Crippen LogP contribution in [0.2, 0.25) is 0 Å². The van der Waals surface area contributed by atoms with E-state index >= 15 is 0 Å². The summed E-state index contributed by atoms with van der Waals surface area (Å²) in [5, 5.41) is -0.214. The van der Waals surface area contributed by atoms with Crippen LogP contribution in [0.25, 0.3) is 0 Å². The third-order valence-corrected chi connectivity index (χ3v) is 7.15. The van der Waals surface area contributed by atoms with Crippen LogP contribution in [0, 0.1) is 5.92 Å². The molecule has 3 rings (SSSR count). The summed E-state index contributed by atoms with van der Waals surface area (Å²) in [4.78, 5) is 14.1. The van der Waals surface area contributed by atoms with Crippen molar-refractivity contribution < 1.29 is 17.6 Å². The van der Waals surface area contributed by atoms with Gasteiger partial charge in [0.25, 0.3) is 5.91 Å². The smallest absolute Gasteiger partial charge is 0.257 e. The molecule has 2 heterocycles. The maximum atomic E-state index is 12.4. The molecule has 1 aliphatic carbocycles. The molecule has 1 aliphatic heterocycles. The minimum atomic E-state index is -3.19. The zero-order valence-electron chi connectivity index (χ0n) is 13.9. The highest BCUT2D eigenvalue weighted by Gasteiger charge is 2.29. The summed E-state index contributed by atoms with van der Waals surface area (Å²) < 4.78 is 32.5. The molecule has 1 aromatic heterocycles. The van der Waals surface area contributed by atoms with Crippen molar-refractivity contribution in [3.8, 4) is 0 Å². The third-order valence-electron chi connectivity index (χ3n) is 5.23. The van der Waals surface area contributed by atoms with Gasteiger partial charge in [-0.3, -0.25) is 4.79 Å². The van der Waals surface area contributed by atoms with E-state index in [0.717, 1.165) is 44.9 Å². The minimum Gasteiger partial charge on any atom is -0.472 e. The lowest BCUT2D eigenvalue weighted by Crippen LogP contribution is -2.43. The second-order valence-electron chi connectivity index (χ2n) is 6.90. The molecule has 0 bridgehead atoms. The van der Waals surface area contributed by atoms with Crippen molar-refractivity contribution >= 4 is 15.9 Å². The average molecular weight is 354 g/mol. The van der Waals surface area contributed by atoms with E-state index in [9.17, 15) is 13.2 Å². The van der Waals surface area contributed by atoms with Gasteiger partial charge in [0.15, 0.2) is 0 Å². The average Bonchev–Trinajstić information content (AvgIpc) is 3.15. The number of amides is 1. The number of hydrogen-bond donors (Lipinski definition) is 1. The van der Waals surface area contributed by atoms with Gasteiger partial charge in [0, 0.05) is 19.6 Å². The van der Waals surface area contributed by atoms with E-state index in [1.54, 1.807) is 6.07 Å². The second-order valence-corrected chi connectivity index (χ2v) is 8.95. The van der Waals surface area contributed by atoms with Crippen molar-refractivity contribution in [3.63, 3.8) is 0 Å². The minimum absolute atomic E-state index is 0.00927. The Bertz CT molecular complexity index is 628. The van der Waals surface area contributed by atoms with Crippen molar-refractivity contribution in [3.05, 3.63) is 24.2 Å². The number of sulfonamides is 1. The maximum absolute atomic E-state index is 12.4. The lowest BCUT2D eigenvalue weighted by Gasteiger charge is -2.32. The lowest BCUT2D eigenvalue weighted by molar-refractivity contribution is 0.0691. The van der Waals surface area contributed by atoms with Crippen molar-refractivity contribution in [1.29, 1.82) is 0 Å². The molecule has 134 valence electrons. The van der Waals surface area contributed by atoms with Crippen molar-refractivity contribution in [2.24, 2.45) is 5.92 Å². The lowest BCUT2D eigenvalue weighted by atomic mass is 9.97. The molecule has 7 heteroatoms. The first kappa shape index (κ1) is 17.5. The molecule has 6 nitrogen and oxygen atoms in total. The zero-order chi connectivity index (χ0) is 17.0. The molecule has 2 fully saturated rings. The molecule has 1 N–H and O–H groups in total. The number of carbonyl (C=O) groups is 1. The first-order valence-corrected chi connectivity index (χ1v) is 10.4. The number of likely N-dealkylation sites (tertiary alicyclic amines) is 1. The number of nitrogens with zero attached hydrogens (tertiary/aromatic N) is 1. The molecule has 1 saturated heterocycles. The van der Waals surface area contributed by atoms with Gasteiger partial charge in [-0.25, -0.2) is 13.1 Å². The summed E-state index contributed by atoms with van der Waals surface area (Å²) >= 11 is 0. The summed E-state index contributed by atoms with van der Waals surface area (Å²) in [5.41, 5.74) is 0.575. The van der Waals surface area contributed by atoms with Crippen LogP contribution >= 0.6 is 0 Å². The van der Waals surface area contributed by atoms with Gasteiger partial charge in [0.2, 0.25) is 10.0 Å². The number of rotatable bonds is 5. The fourth-order valence-electron chi connectivity index (χ4n) is 3.64. The van der Waals surface area contributed by atoms with Crippen LogP contribution in [-0.2, 0) is 10.0 Å².